The fraction of sp³-hybridized carbons (Fsp3) is 0.542. The van der Waals surface area contributed by atoms with E-state index < -0.39 is 32.4 Å². The van der Waals surface area contributed by atoms with Gasteiger partial charge in [-0.1, -0.05) is 50.9 Å². The van der Waals surface area contributed by atoms with Gasteiger partial charge in [0.15, 0.2) is 15.6 Å². The molecule has 356 valence electrons. The van der Waals surface area contributed by atoms with E-state index in [9.17, 15) is 23.1 Å². The van der Waals surface area contributed by atoms with E-state index >= 15 is 0 Å². The highest BCUT2D eigenvalue weighted by molar-refractivity contribution is 7.91. The van der Waals surface area contributed by atoms with E-state index in [1.165, 1.54) is 0 Å². The first-order chi connectivity index (χ1) is 31.5. The molecule has 15 nitrogen and oxygen atoms in total. The Morgan fingerprint density at radius 1 is 0.697 bits per heavy atom. The number of ether oxygens (including phenoxy) is 2. The third-order valence-corrected chi connectivity index (χ3v) is 13.8. The zero-order valence-corrected chi connectivity index (χ0v) is 40.8. The zero-order chi connectivity index (χ0) is 47.2. The van der Waals surface area contributed by atoms with Gasteiger partial charge in [0.25, 0.3) is 0 Å². The van der Waals surface area contributed by atoms with Gasteiger partial charge in [-0.3, -0.25) is 19.6 Å². The molecule has 2 aliphatic heterocycles. The lowest BCUT2D eigenvalue weighted by atomic mass is 9.96. The summed E-state index contributed by atoms with van der Waals surface area (Å²) in [5.41, 5.74) is 2.98. The number of carboxylic acid groups (broad SMARTS) is 1. The van der Waals surface area contributed by atoms with Gasteiger partial charge in [-0.05, 0) is 99.6 Å². The summed E-state index contributed by atoms with van der Waals surface area (Å²) < 4.78 is 34.8. The van der Waals surface area contributed by atoms with Crippen LogP contribution in [0.4, 0.5) is 34.4 Å². The predicted molar refractivity (Wildman–Crippen MR) is 260 cm³/mol. The molecule has 0 amide bonds. The molecule has 4 aromatic rings. The third-order valence-electron chi connectivity index (χ3n) is 12.6. The van der Waals surface area contributed by atoms with E-state index in [0.717, 1.165) is 94.2 Å². The minimum atomic E-state index is -3.42. The molecule has 2 aliphatic carbocycles. The highest BCUT2D eigenvalue weighted by atomic mass is 35.5. The molecule has 0 aromatic carbocycles. The number of pyridine rings is 4. The molecule has 0 spiro atoms. The summed E-state index contributed by atoms with van der Waals surface area (Å²) in [6.45, 7) is 13.4. The molecule has 2 saturated carbocycles. The number of ketones is 1. The summed E-state index contributed by atoms with van der Waals surface area (Å²) in [5.74, 6) is 0.574. The van der Waals surface area contributed by atoms with Gasteiger partial charge in [-0.2, -0.15) is 0 Å². The molecule has 66 heavy (non-hydrogen) atoms. The summed E-state index contributed by atoms with van der Waals surface area (Å²) in [6.07, 6.45) is 14.1. The van der Waals surface area contributed by atoms with Crippen molar-refractivity contribution in [2.45, 2.75) is 102 Å². The van der Waals surface area contributed by atoms with Crippen molar-refractivity contribution in [3.05, 3.63) is 82.6 Å². The molecule has 4 fully saturated rings. The van der Waals surface area contributed by atoms with E-state index in [-0.39, 0.29) is 5.78 Å². The van der Waals surface area contributed by atoms with Crippen molar-refractivity contribution < 1.29 is 32.6 Å². The molecule has 18 heteroatoms. The molecule has 0 atom stereocenters. The molecule has 4 aromatic heterocycles. The van der Waals surface area contributed by atoms with Gasteiger partial charge in [-0.15, -0.1) is 0 Å². The topological polar surface area (TPSA) is 189 Å². The predicted octanol–water partition coefficient (Wildman–Crippen LogP) is 8.79. The summed E-state index contributed by atoms with van der Waals surface area (Å²) in [7, 11) is -3.42. The van der Waals surface area contributed by atoms with Gasteiger partial charge in [0.05, 0.1) is 62.0 Å². The quantitative estimate of drug-likeness (QED) is 0.0858. The van der Waals surface area contributed by atoms with E-state index in [4.69, 9.17) is 37.7 Å². The van der Waals surface area contributed by atoms with Gasteiger partial charge in [0.2, 0.25) is 0 Å². The Bertz CT molecular complexity index is 2420. The van der Waals surface area contributed by atoms with Crippen LogP contribution in [0.25, 0.3) is 0 Å². The van der Waals surface area contributed by atoms with E-state index in [0.29, 0.717) is 82.7 Å². The van der Waals surface area contributed by atoms with E-state index in [1.807, 2.05) is 30.6 Å². The second-order valence-electron chi connectivity index (χ2n) is 18.9. The maximum atomic E-state index is 13.0. The van der Waals surface area contributed by atoms with Crippen LogP contribution >= 0.6 is 23.2 Å². The summed E-state index contributed by atoms with van der Waals surface area (Å²) in [5, 5.41) is 17.7. The first-order valence-electron chi connectivity index (χ1n) is 22.9. The first-order valence-corrected chi connectivity index (χ1v) is 25.7. The number of carbonyl (C=O) groups excluding carboxylic acids is 1. The van der Waals surface area contributed by atoms with Crippen LogP contribution in [0.2, 0.25) is 10.0 Å². The summed E-state index contributed by atoms with van der Waals surface area (Å²) in [6, 6.07) is 11.6. The largest absolute Gasteiger partial charge is 0.481 e. The van der Waals surface area contributed by atoms with E-state index in [1.54, 1.807) is 30.6 Å². The highest BCUT2D eigenvalue weighted by Gasteiger charge is 2.54. The molecule has 6 heterocycles. The van der Waals surface area contributed by atoms with E-state index in [2.05, 4.69) is 63.1 Å². The van der Waals surface area contributed by atoms with Crippen molar-refractivity contribution >= 4 is 79.2 Å². The Kier molecular flexibility index (Phi) is 15.8. The average molecular weight is 966 g/mol. The minimum Gasteiger partial charge on any atom is -0.481 e. The normalized spacial score (nSPS) is 18.0. The summed E-state index contributed by atoms with van der Waals surface area (Å²) in [4.78, 5) is 47.8. The van der Waals surface area contributed by atoms with Crippen LogP contribution in [0.1, 0.15) is 90.4 Å². The number of carbonyl (C=O) groups is 2. The summed E-state index contributed by atoms with van der Waals surface area (Å²) >= 11 is 12.0. The van der Waals surface area contributed by atoms with Crippen LogP contribution in [0.3, 0.4) is 0 Å². The second-order valence-corrected chi connectivity index (χ2v) is 21.9. The van der Waals surface area contributed by atoms with Crippen LogP contribution in [0.5, 0.6) is 0 Å². The first kappa shape index (κ1) is 49.3. The lowest BCUT2D eigenvalue weighted by molar-refractivity contribution is -0.140. The number of carboxylic acids is 1. The lowest BCUT2D eigenvalue weighted by Gasteiger charge is -2.38. The molecule has 2 saturated heterocycles. The van der Waals surface area contributed by atoms with Crippen molar-refractivity contribution in [3.8, 4) is 0 Å². The molecule has 0 radical (unpaired) electrons. The maximum absolute atomic E-state index is 13.0. The number of hydrogen-bond acceptors (Lipinski definition) is 14. The number of sulfone groups is 1. The van der Waals surface area contributed by atoms with Gasteiger partial charge < -0.3 is 35.0 Å². The highest BCUT2D eigenvalue weighted by Crippen LogP contribution is 2.51. The van der Waals surface area contributed by atoms with Crippen LogP contribution < -0.4 is 20.4 Å². The van der Waals surface area contributed by atoms with Crippen molar-refractivity contribution in [3.63, 3.8) is 0 Å². The van der Waals surface area contributed by atoms with Crippen LogP contribution in [-0.2, 0) is 39.7 Å². The second kappa shape index (κ2) is 21.1. The fourth-order valence-corrected chi connectivity index (χ4v) is 9.78. The van der Waals surface area contributed by atoms with Gasteiger partial charge in [0.1, 0.15) is 22.8 Å². The van der Waals surface area contributed by atoms with Crippen molar-refractivity contribution in [2.75, 3.05) is 72.0 Å². The van der Waals surface area contributed by atoms with Gasteiger partial charge >= 0.3 is 5.97 Å². The Morgan fingerprint density at radius 3 is 1.44 bits per heavy atom. The Hall–Kier alpha value is -4.61. The number of halogens is 2. The van der Waals surface area contributed by atoms with Crippen LogP contribution in [0.15, 0.2) is 61.2 Å². The maximum Gasteiger partial charge on any atom is 0.315 e. The molecule has 0 unspecified atom stereocenters. The molecule has 3 N–H and O–H groups in total. The number of aromatic nitrogens is 4. The average Bonchev–Trinajstić information content (AvgIpc) is 4.23. The number of rotatable bonds is 18. The Labute approximate surface area is 398 Å². The monoisotopic (exact) mass is 964 g/mol. The molecular formula is C48H62Cl2N8O7S. The van der Waals surface area contributed by atoms with Crippen LogP contribution in [0, 0.1) is 11.8 Å². The van der Waals surface area contributed by atoms with Gasteiger partial charge in [0, 0.05) is 70.3 Å². The number of aliphatic carboxylic acids is 1. The van der Waals surface area contributed by atoms with Crippen molar-refractivity contribution in [1.82, 2.24) is 19.9 Å². The van der Waals surface area contributed by atoms with Crippen LogP contribution in [-0.4, -0.2) is 109 Å². The number of hydrogen-bond donors (Lipinski definition) is 3. The number of nitrogens with one attached hydrogen (secondary N) is 2. The number of nitrogens with zero attached hydrogens (tertiary/aromatic N) is 6. The number of Topliss-reactive ketones (excluding diaryl/α,β-unsaturated/α-hetero) is 1. The molecule has 4 aliphatic rings. The smallest absolute Gasteiger partial charge is 0.315 e. The van der Waals surface area contributed by atoms with Crippen molar-refractivity contribution in [1.29, 1.82) is 0 Å². The van der Waals surface area contributed by atoms with Gasteiger partial charge in [-0.25, -0.2) is 18.4 Å². The lowest BCUT2D eigenvalue weighted by Crippen LogP contribution is -2.42. The molecular weight excluding hydrogens is 904 g/mol. The molecule has 8 rings (SSSR count). The third kappa shape index (κ3) is 12.3. The minimum absolute atomic E-state index is 0.292. The van der Waals surface area contributed by atoms with Crippen molar-refractivity contribution in [2.24, 2.45) is 11.8 Å². The fourth-order valence-electron chi connectivity index (χ4n) is 8.81. The Balaban J connectivity index is 0.000000198. The number of anilines is 6. The standard InChI is InChI=1S/C25H33ClN4O4S.C23H29ClN4O3/c1-17(2)15-30(19-6-10-34-11-7-19)21-14-27-22(25(8-9-25)23(31)16-35(3,32)33)12-20(21)29-24-5-4-18(26)13-28-24;1-15(2)14-28(17-5-9-31-10-6-17)19-13-25-20(23(7-8-23)22(29)30)11-18(19)27-21-4-3-16(24)12-26-21/h4-5,12-14,17,19H,6-11,15-16H2,1-3H3,(H,27,28,29);3-4,11-13,15,17H,5-10,14H2,1-2H3,(H,29,30)(H,25,26,27). The Morgan fingerprint density at radius 2 is 1.11 bits per heavy atom. The zero-order valence-electron chi connectivity index (χ0n) is 38.4. The molecule has 0 bridgehead atoms. The SMILES string of the molecule is CC(C)CN(c1cnc(C2(C(=O)CS(C)(=O)=O)CC2)cc1Nc1ccc(Cl)cn1)C1CCOCC1.CC(C)CN(c1cnc(C2(C(=O)O)CC2)cc1Nc1ccc(Cl)cn1)C1CCOCC1.